The molecule has 0 radical (unpaired) electrons. The maximum Gasteiger partial charge on any atom is 0.271 e. The Morgan fingerprint density at radius 3 is 2.65 bits per heavy atom. The van der Waals surface area contributed by atoms with Gasteiger partial charge in [0.05, 0.1) is 24.3 Å². The second kappa shape index (κ2) is 8.66. The van der Waals surface area contributed by atoms with Gasteiger partial charge < -0.3 is 14.8 Å². The predicted octanol–water partition coefficient (Wildman–Crippen LogP) is 3.96. The number of nitro benzene ring substituents is 1. The van der Waals surface area contributed by atoms with Crippen molar-refractivity contribution in [3.8, 4) is 11.5 Å². The molecule has 0 fully saturated rings. The first-order valence-electron chi connectivity index (χ1n) is 7.99. The Morgan fingerprint density at radius 1 is 1.23 bits per heavy atom. The molecule has 26 heavy (non-hydrogen) atoms. The minimum atomic E-state index is -0.503. The third kappa shape index (κ3) is 4.83. The second-order valence-corrected chi connectivity index (χ2v) is 5.42. The van der Waals surface area contributed by atoms with Crippen LogP contribution in [0.3, 0.4) is 0 Å². The van der Waals surface area contributed by atoms with Crippen LogP contribution in [0.1, 0.15) is 18.1 Å². The first kappa shape index (κ1) is 19.0. The lowest BCUT2D eigenvalue weighted by molar-refractivity contribution is -0.384. The summed E-state index contributed by atoms with van der Waals surface area (Å²) in [4.78, 5) is 22.5. The number of methoxy groups -OCH3 is 1. The average molecular weight is 356 g/mol. The molecule has 0 aliphatic rings. The van der Waals surface area contributed by atoms with Crippen molar-refractivity contribution < 1.29 is 19.2 Å². The van der Waals surface area contributed by atoms with E-state index in [4.69, 9.17) is 9.47 Å². The largest absolute Gasteiger partial charge is 0.493 e. The van der Waals surface area contributed by atoms with Crippen LogP contribution in [0.5, 0.6) is 11.5 Å². The molecule has 136 valence electrons. The number of hydrogen-bond donors (Lipinski definition) is 1. The number of non-ortho nitro benzene ring substituents is 1. The van der Waals surface area contributed by atoms with Gasteiger partial charge in [0.1, 0.15) is 0 Å². The summed E-state index contributed by atoms with van der Waals surface area (Å²) < 4.78 is 10.7. The highest BCUT2D eigenvalue weighted by atomic mass is 16.6. The second-order valence-electron chi connectivity index (χ2n) is 5.42. The van der Waals surface area contributed by atoms with E-state index in [1.807, 2.05) is 6.92 Å². The molecule has 2 aromatic rings. The molecule has 0 aromatic heterocycles. The monoisotopic (exact) mass is 356 g/mol. The molecule has 0 saturated carbocycles. The van der Waals surface area contributed by atoms with Crippen molar-refractivity contribution >= 4 is 23.4 Å². The van der Waals surface area contributed by atoms with Crippen LogP contribution in [-0.4, -0.2) is 24.5 Å². The topological polar surface area (TPSA) is 90.7 Å². The number of amides is 1. The summed E-state index contributed by atoms with van der Waals surface area (Å²) in [5, 5.41) is 13.5. The Labute approximate surface area is 151 Å². The lowest BCUT2D eigenvalue weighted by Gasteiger charge is -2.09. The number of nitro groups is 1. The first-order valence-corrected chi connectivity index (χ1v) is 7.99. The van der Waals surface area contributed by atoms with Crippen LogP contribution in [0.2, 0.25) is 0 Å². The highest BCUT2D eigenvalue weighted by molar-refractivity contribution is 6.02. The molecule has 0 atom stereocenters. The smallest absolute Gasteiger partial charge is 0.271 e. The Kier molecular flexibility index (Phi) is 6.32. The summed E-state index contributed by atoms with van der Waals surface area (Å²) in [5.41, 5.74) is 1.82. The van der Waals surface area contributed by atoms with Crippen molar-refractivity contribution in [2.24, 2.45) is 0 Å². The standard InChI is InChI=1S/C19H20N2O5/c1-4-26-17-9-6-14(11-18(17)25-3)7-10-19(22)20-16-12-15(21(23)24)8-5-13(16)2/h5-12H,4H2,1-3H3,(H,20,22). The normalized spacial score (nSPS) is 10.6. The highest BCUT2D eigenvalue weighted by Gasteiger charge is 2.10. The van der Waals surface area contributed by atoms with E-state index in [-0.39, 0.29) is 11.6 Å². The molecule has 0 spiro atoms. The maximum atomic E-state index is 12.1. The molecule has 7 heteroatoms. The number of nitrogens with zero attached hydrogens (tertiary/aromatic N) is 1. The molecule has 0 heterocycles. The molecular formula is C19H20N2O5. The van der Waals surface area contributed by atoms with E-state index in [1.165, 1.54) is 18.2 Å². The number of ether oxygens (including phenoxy) is 2. The van der Waals surface area contributed by atoms with Crippen LogP contribution in [0, 0.1) is 17.0 Å². The zero-order valence-corrected chi connectivity index (χ0v) is 14.8. The zero-order chi connectivity index (χ0) is 19.1. The molecule has 2 rings (SSSR count). The summed E-state index contributed by atoms with van der Waals surface area (Å²) in [6, 6.07) is 9.65. The molecule has 0 aliphatic heterocycles. The van der Waals surface area contributed by atoms with Crippen LogP contribution in [0.25, 0.3) is 6.08 Å². The summed E-state index contributed by atoms with van der Waals surface area (Å²) in [5.74, 6) is 0.814. The Morgan fingerprint density at radius 2 is 2.00 bits per heavy atom. The van der Waals surface area contributed by atoms with E-state index in [0.717, 1.165) is 11.1 Å². The molecular weight excluding hydrogens is 336 g/mol. The third-order valence-corrected chi connectivity index (χ3v) is 3.60. The average Bonchev–Trinajstić information content (AvgIpc) is 2.62. The van der Waals surface area contributed by atoms with Crippen LogP contribution in [-0.2, 0) is 4.79 Å². The Bertz CT molecular complexity index is 846. The van der Waals surface area contributed by atoms with Gasteiger partial charge in [0.2, 0.25) is 5.91 Å². The van der Waals surface area contributed by atoms with Crippen molar-refractivity contribution in [2.75, 3.05) is 19.0 Å². The number of carbonyl (C=O) groups is 1. The van der Waals surface area contributed by atoms with Crippen LogP contribution >= 0.6 is 0 Å². The van der Waals surface area contributed by atoms with E-state index < -0.39 is 4.92 Å². The number of aryl methyl sites for hydroxylation is 1. The van der Waals surface area contributed by atoms with Crippen molar-refractivity contribution in [1.29, 1.82) is 0 Å². The number of benzene rings is 2. The maximum absolute atomic E-state index is 12.1. The third-order valence-electron chi connectivity index (χ3n) is 3.60. The van der Waals surface area contributed by atoms with Gasteiger partial charge in [0.25, 0.3) is 5.69 Å². The molecule has 1 N–H and O–H groups in total. The number of hydrogen-bond acceptors (Lipinski definition) is 5. The molecule has 2 aromatic carbocycles. The lowest BCUT2D eigenvalue weighted by atomic mass is 10.1. The molecule has 0 saturated heterocycles. The number of nitrogens with one attached hydrogen (secondary N) is 1. The van der Waals surface area contributed by atoms with Gasteiger partial charge >= 0.3 is 0 Å². The van der Waals surface area contributed by atoms with E-state index in [2.05, 4.69) is 5.32 Å². The van der Waals surface area contributed by atoms with E-state index in [1.54, 1.807) is 44.4 Å². The fraction of sp³-hybridized carbons (Fsp3) is 0.211. The summed E-state index contributed by atoms with van der Waals surface area (Å²) in [7, 11) is 1.54. The van der Waals surface area contributed by atoms with Gasteiger partial charge in [-0.05, 0) is 43.2 Å². The molecule has 7 nitrogen and oxygen atoms in total. The van der Waals surface area contributed by atoms with Gasteiger partial charge in [-0.1, -0.05) is 12.1 Å². The lowest BCUT2D eigenvalue weighted by Crippen LogP contribution is -2.09. The minimum Gasteiger partial charge on any atom is -0.493 e. The number of rotatable bonds is 7. The quantitative estimate of drug-likeness (QED) is 0.461. The molecule has 1 amide bonds. The summed E-state index contributed by atoms with van der Waals surface area (Å²) in [6.45, 7) is 4.17. The highest BCUT2D eigenvalue weighted by Crippen LogP contribution is 2.28. The first-order chi connectivity index (χ1) is 12.4. The summed E-state index contributed by atoms with van der Waals surface area (Å²) in [6.07, 6.45) is 2.98. The molecule has 0 unspecified atom stereocenters. The number of carbonyl (C=O) groups excluding carboxylic acids is 1. The number of anilines is 1. The SMILES string of the molecule is CCOc1ccc(C=CC(=O)Nc2cc([N+](=O)[O-])ccc2C)cc1OC. The van der Waals surface area contributed by atoms with E-state index in [0.29, 0.717) is 23.8 Å². The fourth-order valence-corrected chi connectivity index (χ4v) is 2.27. The van der Waals surface area contributed by atoms with Crippen LogP contribution < -0.4 is 14.8 Å². The van der Waals surface area contributed by atoms with Crippen molar-refractivity contribution in [3.05, 3.63) is 63.7 Å². The zero-order valence-electron chi connectivity index (χ0n) is 14.8. The van der Waals surface area contributed by atoms with Gasteiger partial charge in [0, 0.05) is 18.2 Å². The van der Waals surface area contributed by atoms with Crippen molar-refractivity contribution in [2.45, 2.75) is 13.8 Å². The predicted molar refractivity (Wildman–Crippen MR) is 99.7 cm³/mol. The molecule has 0 bridgehead atoms. The van der Waals surface area contributed by atoms with Gasteiger partial charge in [-0.3, -0.25) is 14.9 Å². The van der Waals surface area contributed by atoms with Gasteiger partial charge in [-0.15, -0.1) is 0 Å². The Hall–Kier alpha value is -3.35. The summed E-state index contributed by atoms with van der Waals surface area (Å²) >= 11 is 0. The van der Waals surface area contributed by atoms with Gasteiger partial charge in [-0.2, -0.15) is 0 Å². The van der Waals surface area contributed by atoms with Crippen molar-refractivity contribution in [3.63, 3.8) is 0 Å². The van der Waals surface area contributed by atoms with E-state index in [9.17, 15) is 14.9 Å². The van der Waals surface area contributed by atoms with Crippen molar-refractivity contribution in [1.82, 2.24) is 0 Å². The Balaban J connectivity index is 2.12. The molecule has 0 aliphatic carbocycles. The van der Waals surface area contributed by atoms with Crippen LogP contribution in [0.15, 0.2) is 42.5 Å². The fourth-order valence-electron chi connectivity index (χ4n) is 2.27. The van der Waals surface area contributed by atoms with Crippen LogP contribution in [0.4, 0.5) is 11.4 Å². The van der Waals surface area contributed by atoms with Gasteiger partial charge in [0.15, 0.2) is 11.5 Å². The minimum absolute atomic E-state index is 0.0777. The van der Waals surface area contributed by atoms with Gasteiger partial charge in [-0.25, -0.2) is 0 Å². The van der Waals surface area contributed by atoms with E-state index >= 15 is 0 Å².